The van der Waals surface area contributed by atoms with Gasteiger partial charge in [-0.05, 0) is 35.2 Å². The average molecular weight is 381 g/mol. The van der Waals surface area contributed by atoms with E-state index in [1.807, 2.05) is 42.5 Å². The normalized spacial score (nSPS) is 11.1. The lowest BCUT2D eigenvalue weighted by molar-refractivity contribution is 0.102. The van der Waals surface area contributed by atoms with E-state index in [2.05, 4.69) is 41.4 Å². The molecular weight excluding hydrogens is 360 g/mol. The van der Waals surface area contributed by atoms with Crippen LogP contribution in [0.4, 0.5) is 17.3 Å². The second kappa shape index (κ2) is 7.76. The molecule has 2 N–H and O–H groups in total. The zero-order valence-corrected chi connectivity index (χ0v) is 16.2. The Kier molecular flexibility index (Phi) is 5.42. The lowest BCUT2D eigenvalue weighted by Gasteiger charge is -2.22. The number of benzene rings is 2. The molecule has 0 aliphatic heterocycles. The SMILES string of the molecule is CC(C)(C)c1ccccc1NC(=O)c1ccnc(Nc2ccccc2Cl)n1. The van der Waals surface area contributed by atoms with Crippen molar-refractivity contribution in [1.29, 1.82) is 0 Å². The van der Waals surface area contributed by atoms with Gasteiger partial charge in [-0.2, -0.15) is 0 Å². The number of rotatable bonds is 4. The monoisotopic (exact) mass is 380 g/mol. The van der Waals surface area contributed by atoms with Crippen molar-refractivity contribution in [3.05, 3.63) is 77.1 Å². The Morgan fingerprint density at radius 2 is 1.63 bits per heavy atom. The summed E-state index contributed by atoms with van der Waals surface area (Å²) < 4.78 is 0. The maximum Gasteiger partial charge on any atom is 0.274 e. The van der Waals surface area contributed by atoms with Gasteiger partial charge >= 0.3 is 0 Å². The number of carbonyl (C=O) groups is 1. The number of nitrogens with one attached hydrogen (secondary N) is 2. The number of carbonyl (C=O) groups excluding carboxylic acids is 1. The van der Waals surface area contributed by atoms with Gasteiger partial charge in [0.25, 0.3) is 5.91 Å². The van der Waals surface area contributed by atoms with Crippen LogP contribution >= 0.6 is 11.6 Å². The van der Waals surface area contributed by atoms with Crippen molar-refractivity contribution >= 4 is 34.8 Å². The molecule has 0 radical (unpaired) electrons. The second-order valence-corrected chi connectivity index (χ2v) is 7.53. The predicted octanol–water partition coefficient (Wildman–Crippen LogP) is 5.42. The summed E-state index contributed by atoms with van der Waals surface area (Å²) >= 11 is 6.15. The first kappa shape index (κ1) is 18.9. The average Bonchev–Trinajstić information content (AvgIpc) is 2.63. The Labute approximate surface area is 163 Å². The van der Waals surface area contributed by atoms with E-state index >= 15 is 0 Å². The van der Waals surface area contributed by atoms with E-state index in [0.717, 1.165) is 11.3 Å². The summed E-state index contributed by atoms with van der Waals surface area (Å²) in [6.45, 7) is 6.32. The van der Waals surface area contributed by atoms with E-state index in [0.29, 0.717) is 16.7 Å². The minimum Gasteiger partial charge on any atom is -0.323 e. The molecule has 1 amide bonds. The molecule has 0 saturated carbocycles. The number of aromatic nitrogens is 2. The minimum absolute atomic E-state index is 0.0910. The first-order valence-electron chi connectivity index (χ1n) is 8.60. The van der Waals surface area contributed by atoms with Gasteiger partial charge in [-0.15, -0.1) is 0 Å². The van der Waals surface area contributed by atoms with E-state index in [-0.39, 0.29) is 17.0 Å². The second-order valence-electron chi connectivity index (χ2n) is 7.12. The van der Waals surface area contributed by atoms with Crippen molar-refractivity contribution < 1.29 is 4.79 Å². The third kappa shape index (κ3) is 4.63. The van der Waals surface area contributed by atoms with Crippen LogP contribution in [0.3, 0.4) is 0 Å². The number of anilines is 3. The van der Waals surface area contributed by atoms with Crippen LogP contribution in [0.2, 0.25) is 5.02 Å². The predicted molar refractivity (Wildman–Crippen MR) is 110 cm³/mol. The van der Waals surface area contributed by atoms with Crippen LogP contribution in [0.15, 0.2) is 60.8 Å². The van der Waals surface area contributed by atoms with Crippen molar-refractivity contribution in [3.63, 3.8) is 0 Å². The molecule has 0 fully saturated rings. The van der Waals surface area contributed by atoms with Gasteiger partial charge < -0.3 is 10.6 Å². The van der Waals surface area contributed by atoms with Gasteiger partial charge in [-0.25, -0.2) is 9.97 Å². The lowest BCUT2D eigenvalue weighted by Crippen LogP contribution is -2.19. The van der Waals surface area contributed by atoms with Crippen LogP contribution in [0.5, 0.6) is 0 Å². The van der Waals surface area contributed by atoms with Crippen LogP contribution < -0.4 is 10.6 Å². The Hall–Kier alpha value is -2.92. The smallest absolute Gasteiger partial charge is 0.274 e. The number of halogens is 1. The lowest BCUT2D eigenvalue weighted by atomic mass is 9.86. The minimum atomic E-state index is -0.295. The molecule has 1 heterocycles. The van der Waals surface area contributed by atoms with Crippen LogP contribution in [-0.4, -0.2) is 15.9 Å². The van der Waals surface area contributed by atoms with Crippen molar-refractivity contribution in [3.8, 4) is 0 Å². The number of hydrogen-bond acceptors (Lipinski definition) is 4. The molecular formula is C21H21ClN4O. The molecule has 0 spiro atoms. The Bertz CT molecular complexity index is 966. The zero-order valence-electron chi connectivity index (χ0n) is 15.5. The van der Waals surface area contributed by atoms with E-state index in [4.69, 9.17) is 11.6 Å². The van der Waals surface area contributed by atoms with E-state index in [1.54, 1.807) is 12.1 Å². The molecule has 0 aliphatic rings. The quantitative estimate of drug-likeness (QED) is 0.633. The molecule has 0 saturated heterocycles. The van der Waals surface area contributed by atoms with Gasteiger partial charge in [-0.3, -0.25) is 4.79 Å². The summed E-state index contributed by atoms with van der Waals surface area (Å²) in [4.78, 5) is 21.2. The molecule has 138 valence electrons. The Morgan fingerprint density at radius 1 is 0.963 bits per heavy atom. The molecule has 0 atom stereocenters. The largest absolute Gasteiger partial charge is 0.323 e. The van der Waals surface area contributed by atoms with Gasteiger partial charge in [0.2, 0.25) is 5.95 Å². The van der Waals surface area contributed by atoms with Crippen LogP contribution in [0, 0.1) is 0 Å². The number of para-hydroxylation sites is 2. The molecule has 0 bridgehead atoms. The van der Waals surface area contributed by atoms with Gasteiger partial charge in [0.1, 0.15) is 5.69 Å². The van der Waals surface area contributed by atoms with E-state index in [1.165, 1.54) is 6.20 Å². The van der Waals surface area contributed by atoms with Gasteiger partial charge in [0.05, 0.1) is 10.7 Å². The van der Waals surface area contributed by atoms with Crippen molar-refractivity contribution in [2.45, 2.75) is 26.2 Å². The topological polar surface area (TPSA) is 66.9 Å². The third-order valence-corrected chi connectivity index (χ3v) is 4.32. The maximum atomic E-state index is 12.7. The van der Waals surface area contributed by atoms with E-state index < -0.39 is 0 Å². The number of amides is 1. The number of hydrogen-bond donors (Lipinski definition) is 2. The summed E-state index contributed by atoms with van der Waals surface area (Å²) in [7, 11) is 0. The van der Waals surface area contributed by atoms with Crippen molar-refractivity contribution in [1.82, 2.24) is 9.97 Å². The van der Waals surface area contributed by atoms with Crippen molar-refractivity contribution in [2.24, 2.45) is 0 Å². The van der Waals surface area contributed by atoms with Gasteiger partial charge in [0, 0.05) is 11.9 Å². The number of nitrogens with zero attached hydrogens (tertiary/aromatic N) is 2. The fourth-order valence-corrected chi connectivity index (χ4v) is 2.84. The molecule has 3 aromatic rings. The molecule has 0 unspecified atom stereocenters. The molecule has 3 rings (SSSR count). The summed E-state index contributed by atoms with van der Waals surface area (Å²) in [5, 5.41) is 6.54. The highest BCUT2D eigenvalue weighted by molar-refractivity contribution is 6.33. The highest BCUT2D eigenvalue weighted by atomic mass is 35.5. The van der Waals surface area contributed by atoms with Crippen LogP contribution in [0.1, 0.15) is 36.8 Å². The maximum absolute atomic E-state index is 12.7. The fourth-order valence-electron chi connectivity index (χ4n) is 2.66. The fraction of sp³-hybridized carbons (Fsp3) is 0.190. The summed E-state index contributed by atoms with van der Waals surface area (Å²) in [6, 6.07) is 16.6. The molecule has 0 aliphatic carbocycles. The van der Waals surface area contributed by atoms with Crippen molar-refractivity contribution in [2.75, 3.05) is 10.6 Å². The zero-order chi connectivity index (χ0) is 19.4. The summed E-state index contributed by atoms with van der Waals surface area (Å²) in [5.74, 6) is 0.0103. The summed E-state index contributed by atoms with van der Waals surface area (Å²) in [6.07, 6.45) is 1.54. The molecule has 2 aromatic carbocycles. The molecule has 6 heteroatoms. The Morgan fingerprint density at radius 3 is 2.33 bits per heavy atom. The first-order chi connectivity index (χ1) is 12.8. The highest BCUT2D eigenvalue weighted by Gasteiger charge is 2.19. The first-order valence-corrected chi connectivity index (χ1v) is 8.98. The molecule has 27 heavy (non-hydrogen) atoms. The summed E-state index contributed by atoms with van der Waals surface area (Å²) in [5.41, 5.74) is 2.68. The third-order valence-electron chi connectivity index (χ3n) is 3.99. The molecule has 5 nitrogen and oxygen atoms in total. The Balaban J connectivity index is 1.82. The van der Waals surface area contributed by atoms with E-state index in [9.17, 15) is 4.79 Å². The standard InChI is InChI=1S/C21H21ClN4O/c1-21(2,3)14-8-4-6-10-16(14)24-19(27)18-12-13-23-20(26-18)25-17-11-7-5-9-15(17)22/h4-13H,1-3H3,(H,24,27)(H,23,25,26). The van der Waals surface area contributed by atoms with Gasteiger partial charge in [0.15, 0.2) is 0 Å². The van der Waals surface area contributed by atoms with Crippen LogP contribution in [0.25, 0.3) is 0 Å². The van der Waals surface area contributed by atoms with Crippen LogP contribution in [-0.2, 0) is 5.41 Å². The molecule has 1 aromatic heterocycles. The van der Waals surface area contributed by atoms with Gasteiger partial charge in [-0.1, -0.05) is 62.7 Å². The highest BCUT2D eigenvalue weighted by Crippen LogP contribution is 2.29.